The van der Waals surface area contributed by atoms with Crippen molar-refractivity contribution in [2.24, 2.45) is 0 Å². The molecule has 64 valence electrons. The Kier molecular flexibility index (Phi) is 2.42. The summed E-state index contributed by atoms with van der Waals surface area (Å²) in [5, 5.41) is 1.12. The number of nitrogens with zero attached hydrogens (tertiary/aromatic N) is 1. The number of halogens is 1. The van der Waals surface area contributed by atoms with Gasteiger partial charge in [-0.15, -0.1) is 0 Å². The fourth-order valence-electron chi connectivity index (χ4n) is 1.15. The molecule has 0 unspecified atom stereocenters. The standard InChI is InChI=1S/C9H10BrNS/c10-9(5-3-6-9)12-8-4-1-2-7-11-8/h1-2,4,7H,3,5-6H2. The molecule has 1 heterocycles. The van der Waals surface area contributed by atoms with Crippen LogP contribution in [0, 0.1) is 0 Å². The van der Waals surface area contributed by atoms with Gasteiger partial charge in [-0.1, -0.05) is 33.8 Å². The van der Waals surface area contributed by atoms with Gasteiger partial charge in [0.15, 0.2) is 0 Å². The summed E-state index contributed by atoms with van der Waals surface area (Å²) in [6, 6.07) is 6.04. The van der Waals surface area contributed by atoms with E-state index in [1.165, 1.54) is 19.3 Å². The van der Waals surface area contributed by atoms with Crippen molar-refractivity contribution in [3.05, 3.63) is 24.4 Å². The first-order valence-electron chi connectivity index (χ1n) is 4.07. The molecule has 1 aromatic rings. The van der Waals surface area contributed by atoms with E-state index in [2.05, 4.69) is 27.0 Å². The summed E-state index contributed by atoms with van der Waals surface area (Å²) >= 11 is 5.57. The van der Waals surface area contributed by atoms with Crippen molar-refractivity contribution in [2.75, 3.05) is 0 Å². The van der Waals surface area contributed by atoms with E-state index in [1.807, 2.05) is 30.1 Å². The maximum Gasteiger partial charge on any atom is 0.0973 e. The average Bonchev–Trinajstić information content (AvgIpc) is 2.04. The second-order valence-electron chi connectivity index (χ2n) is 3.01. The molecule has 1 aliphatic rings. The molecule has 12 heavy (non-hydrogen) atoms. The van der Waals surface area contributed by atoms with E-state index in [1.54, 1.807) is 0 Å². The molecule has 0 radical (unpaired) electrons. The van der Waals surface area contributed by atoms with Crippen LogP contribution in [0.25, 0.3) is 0 Å². The van der Waals surface area contributed by atoms with Gasteiger partial charge in [-0.3, -0.25) is 0 Å². The highest BCUT2D eigenvalue weighted by Gasteiger charge is 2.35. The summed E-state index contributed by atoms with van der Waals surface area (Å²) in [6.45, 7) is 0. The van der Waals surface area contributed by atoms with Gasteiger partial charge in [0.25, 0.3) is 0 Å². The van der Waals surface area contributed by atoms with Crippen molar-refractivity contribution in [2.45, 2.75) is 27.9 Å². The third-order valence-corrected chi connectivity index (χ3v) is 4.53. The van der Waals surface area contributed by atoms with Crippen molar-refractivity contribution < 1.29 is 0 Å². The molecule has 1 aliphatic carbocycles. The monoisotopic (exact) mass is 243 g/mol. The van der Waals surface area contributed by atoms with Gasteiger partial charge in [0, 0.05) is 6.20 Å². The maximum absolute atomic E-state index is 4.28. The zero-order valence-corrected chi connectivity index (χ0v) is 9.07. The molecule has 1 fully saturated rings. The highest BCUT2D eigenvalue weighted by atomic mass is 79.9. The summed E-state index contributed by atoms with van der Waals surface area (Å²) in [5.74, 6) is 0. The van der Waals surface area contributed by atoms with Crippen LogP contribution in [0.15, 0.2) is 29.4 Å². The predicted octanol–water partition coefficient (Wildman–Crippen LogP) is 3.45. The Labute approximate surface area is 85.1 Å². The summed E-state index contributed by atoms with van der Waals surface area (Å²) in [4.78, 5) is 4.28. The van der Waals surface area contributed by atoms with Gasteiger partial charge in [-0.05, 0) is 31.4 Å². The molecule has 0 amide bonds. The number of thioether (sulfide) groups is 1. The van der Waals surface area contributed by atoms with E-state index in [0.29, 0.717) is 3.66 Å². The second kappa shape index (κ2) is 3.38. The van der Waals surface area contributed by atoms with Crippen LogP contribution in [0.1, 0.15) is 19.3 Å². The lowest BCUT2D eigenvalue weighted by Gasteiger charge is -2.34. The van der Waals surface area contributed by atoms with Crippen molar-refractivity contribution in [3.63, 3.8) is 0 Å². The predicted molar refractivity (Wildman–Crippen MR) is 55.6 cm³/mol. The van der Waals surface area contributed by atoms with E-state index < -0.39 is 0 Å². The van der Waals surface area contributed by atoms with E-state index in [-0.39, 0.29) is 0 Å². The number of rotatable bonds is 2. The van der Waals surface area contributed by atoms with Gasteiger partial charge in [0.05, 0.1) is 8.68 Å². The van der Waals surface area contributed by atoms with E-state index in [9.17, 15) is 0 Å². The van der Waals surface area contributed by atoms with E-state index >= 15 is 0 Å². The Bertz CT molecular complexity index is 258. The summed E-state index contributed by atoms with van der Waals surface area (Å²) < 4.78 is 0.293. The van der Waals surface area contributed by atoms with Crippen LogP contribution in [0.3, 0.4) is 0 Å². The molecule has 1 nitrogen and oxygen atoms in total. The fourth-order valence-corrected chi connectivity index (χ4v) is 3.34. The molecule has 3 heteroatoms. The average molecular weight is 244 g/mol. The highest BCUT2D eigenvalue weighted by molar-refractivity contribution is 9.12. The number of pyridine rings is 1. The lowest BCUT2D eigenvalue weighted by Crippen LogP contribution is -2.25. The van der Waals surface area contributed by atoms with Gasteiger partial charge in [-0.2, -0.15) is 0 Å². The molecular weight excluding hydrogens is 234 g/mol. The molecule has 0 aliphatic heterocycles. The molecule has 1 saturated carbocycles. The number of hydrogen-bond acceptors (Lipinski definition) is 2. The quantitative estimate of drug-likeness (QED) is 0.739. The van der Waals surface area contributed by atoms with Crippen LogP contribution in [0.5, 0.6) is 0 Å². The van der Waals surface area contributed by atoms with Crippen molar-refractivity contribution in [1.29, 1.82) is 0 Å². The first-order chi connectivity index (χ1) is 5.79. The zero-order valence-electron chi connectivity index (χ0n) is 6.66. The highest BCUT2D eigenvalue weighted by Crippen LogP contribution is 2.51. The summed E-state index contributed by atoms with van der Waals surface area (Å²) in [5.41, 5.74) is 0. The van der Waals surface area contributed by atoms with Crippen LogP contribution in [0.2, 0.25) is 0 Å². The Morgan fingerprint density at radius 3 is 2.75 bits per heavy atom. The van der Waals surface area contributed by atoms with Gasteiger partial charge >= 0.3 is 0 Å². The van der Waals surface area contributed by atoms with E-state index in [0.717, 1.165) is 5.03 Å². The molecule has 0 spiro atoms. The molecule has 0 bridgehead atoms. The molecule has 1 aromatic heterocycles. The Balaban J connectivity index is 2.04. The molecular formula is C9H10BrNS. The summed E-state index contributed by atoms with van der Waals surface area (Å²) in [6.07, 6.45) is 5.70. The van der Waals surface area contributed by atoms with Crippen LogP contribution >= 0.6 is 27.7 Å². The molecule has 0 saturated heterocycles. The zero-order chi connectivity index (χ0) is 8.44. The second-order valence-corrected chi connectivity index (χ2v) is 6.45. The fraction of sp³-hybridized carbons (Fsp3) is 0.444. The normalized spacial score (nSPS) is 20.1. The number of aromatic nitrogens is 1. The number of hydrogen-bond donors (Lipinski definition) is 0. The lowest BCUT2D eigenvalue weighted by molar-refractivity contribution is 0.492. The third-order valence-electron chi connectivity index (χ3n) is 2.03. The SMILES string of the molecule is BrC1(Sc2ccccn2)CCC1. The minimum atomic E-state index is 0.293. The minimum Gasteiger partial charge on any atom is -0.250 e. The van der Waals surface area contributed by atoms with Gasteiger partial charge in [0.2, 0.25) is 0 Å². The smallest absolute Gasteiger partial charge is 0.0973 e. The van der Waals surface area contributed by atoms with Crippen LogP contribution in [-0.4, -0.2) is 8.64 Å². The number of alkyl halides is 1. The Morgan fingerprint density at radius 1 is 1.42 bits per heavy atom. The molecule has 0 N–H and O–H groups in total. The Morgan fingerprint density at radius 2 is 2.25 bits per heavy atom. The molecule has 0 atom stereocenters. The van der Waals surface area contributed by atoms with Crippen LogP contribution in [0.4, 0.5) is 0 Å². The molecule has 2 rings (SSSR count). The summed E-state index contributed by atoms with van der Waals surface area (Å²) in [7, 11) is 0. The van der Waals surface area contributed by atoms with Gasteiger partial charge < -0.3 is 0 Å². The first kappa shape index (κ1) is 8.57. The maximum atomic E-state index is 4.28. The largest absolute Gasteiger partial charge is 0.250 e. The first-order valence-corrected chi connectivity index (χ1v) is 5.68. The van der Waals surface area contributed by atoms with Crippen molar-refractivity contribution in [3.8, 4) is 0 Å². The minimum absolute atomic E-state index is 0.293. The topological polar surface area (TPSA) is 12.9 Å². The van der Waals surface area contributed by atoms with Crippen LogP contribution < -0.4 is 0 Å². The lowest BCUT2D eigenvalue weighted by atomic mass is 10.00. The van der Waals surface area contributed by atoms with E-state index in [4.69, 9.17) is 0 Å². The molecule has 0 aromatic carbocycles. The van der Waals surface area contributed by atoms with Crippen molar-refractivity contribution in [1.82, 2.24) is 4.98 Å². The van der Waals surface area contributed by atoms with Crippen LogP contribution in [-0.2, 0) is 0 Å². The Hall–Kier alpha value is -0.0200. The third kappa shape index (κ3) is 1.83. The van der Waals surface area contributed by atoms with Gasteiger partial charge in [-0.25, -0.2) is 4.98 Å². The van der Waals surface area contributed by atoms with Crippen molar-refractivity contribution >= 4 is 27.7 Å². The van der Waals surface area contributed by atoms with Gasteiger partial charge in [0.1, 0.15) is 0 Å².